The van der Waals surface area contributed by atoms with Crippen LogP contribution in [0, 0.1) is 12.7 Å². The Kier molecular flexibility index (Phi) is 2.61. The number of hydrogen-bond acceptors (Lipinski definition) is 2. The first-order chi connectivity index (χ1) is 5.84. The van der Waals surface area contributed by atoms with Crippen molar-refractivity contribution in [2.75, 3.05) is 0 Å². The van der Waals surface area contributed by atoms with Crippen LogP contribution in [0.1, 0.15) is 5.56 Å². The predicted molar refractivity (Wildman–Crippen MR) is 47.5 cm³/mol. The van der Waals surface area contributed by atoms with Crippen molar-refractivity contribution >= 4 is 21.6 Å². The van der Waals surface area contributed by atoms with Gasteiger partial charge in [-0.1, -0.05) is 11.6 Å². The van der Waals surface area contributed by atoms with E-state index in [1.807, 2.05) is 0 Å². The predicted octanol–water partition coefficient (Wildman–Crippen LogP) is 1.43. The Balaban J connectivity index is 3.53. The van der Waals surface area contributed by atoms with E-state index in [-0.39, 0.29) is 15.5 Å². The molecule has 0 aliphatic heterocycles. The van der Waals surface area contributed by atoms with E-state index in [9.17, 15) is 12.8 Å². The van der Waals surface area contributed by atoms with Crippen LogP contribution in [0.15, 0.2) is 17.0 Å². The number of benzene rings is 1. The van der Waals surface area contributed by atoms with Crippen LogP contribution >= 0.6 is 11.6 Å². The molecule has 0 atom stereocenters. The lowest BCUT2D eigenvalue weighted by atomic mass is 10.2. The van der Waals surface area contributed by atoms with Gasteiger partial charge < -0.3 is 0 Å². The minimum atomic E-state index is -3.87. The molecule has 0 radical (unpaired) electrons. The Labute approximate surface area is 80.4 Å². The first-order valence-electron chi connectivity index (χ1n) is 3.31. The molecule has 6 heteroatoms. The fourth-order valence-corrected chi connectivity index (χ4v) is 1.99. The van der Waals surface area contributed by atoms with Crippen LogP contribution in [-0.2, 0) is 10.0 Å². The van der Waals surface area contributed by atoms with Crippen molar-refractivity contribution in [2.45, 2.75) is 11.8 Å². The summed E-state index contributed by atoms with van der Waals surface area (Å²) in [7, 11) is -3.87. The van der Waals surface area contributed by atoms with Crippen LogP contribution in [0.2, 0.25) is 5.02 Å². The maximum atomic E-state index is 12.8. The van der Waals surface area contributed by atoms with Gasteiger partial charge >= 0.3 is 0 Å². The fourth-order valence-electron chi connectivity index (χ4n) is 0.856. The average molecular weight is 224 g/mol. The maximum absolute atomic E-state index is 12.8. The Morgan fingerprint density at radius 2 is 2.00 bits per heavy atom. The van der Waals surface area contributed by atoms with Crippen molar-refractivity contribution in [2.24, 2.45) is 5.14 Å². The summed E-state index contributed by atoms with van der Waals surface area (Å²) in [5.74, 6) is -0.558. The van der Waals surface area contributed by atoms with Gasteiger partial charge in [0.05, 0.1) is 5.02 Å². The summed E-state index contributed by atoms with van der Waals surface area (Å²) in [6, 6.07) is 2.06. The van der Waals surface area contributed by atoms with Gasteiger partial charge in [0.15, 0.2) is 0 Å². The van der Waals surface area contributed by atoms with Crippen molar-refractivity contribution in [3.05, 3.63) is 28.5 Å². The molecule has 2 N–H and O–H groups in total. The molecule has 0 aliphatic rings. The lowest BCUT2D eigenvalue weighted by Crippen LogP contribution is -2.13. The molecular formula is C7H7ClFNO2S. The minimum Gasteiger partial charge on any atom is -0.225 e. The molecule has 1 rings (SSSR count). The van der Waals surface area contributed by atoms with Gasteiger partial charge in [-0.3, -0.25) is 0 Å². The molecule has 0 aliphatic carbocycles. The molecule has 0 heterocycles. The van der Waals surface area contributed by atoms with Crippen LogP contribution in [0.5, 0.6) is 0 Å². The Morgan fingerprint density at radius 1 is 1.46 bits per heavy atom. The van der Waals surface area contributed by atoms with E-state index >= 15 is 0 Å². The molecule has 0 saturated heterocycles. The fraction of sp³-hybridized carbons (Fsp3) is 0.143. The van der Waals surface area contributed by atoms with Crippen molar-refractivity contribution in [3.8, 4) is 0 Å². The van der Waals surface area contributed by atoms with Crippen LogP contribution in [0.4, 0.5) is 4.39 Å². The van der Waals surface area contributed by atoms with Gasteiger partial charge in [-0.25, -0.2) is 17.9 Å². The molecular weight excluding hydrogens is 217 g/mol. The highest BCUT2D eigenvalue weighted by molar-refractivity contribution is 7.89. The first kappa shape index (κ1) is 10.4. The monoisotopic (exact) mass is 223 g/mol. The third-order valence-corrected chi connectivity index (χ3v) is 3.14. The lowest BCUT2D eigenvalue weighted by molar-refractivity contribution is 0.595. The smallest absolute Gasteiger partial charge is 0.225 e. The van der Waals surface area contributed by atoms with Crippen LogP contribution < -0.4 is 5.14 Å². The van der Waals surface area contributed by atoms with Crippen LogP contribution in [0.25, 0.3) is 0 Å². The van der Waals surface area contributed by atoms with Gasteiger partial charge in [0.25, 0.3) is 0 Å². The van der Waals surface area contributed by atoms with E-state index in [0.717, 1.165) is 12.1 Å². The number of sulfonamides is 1. The Hall–Kier alpha value is -0.650. The van der Waals surface area contributed by atoms with Crippen molar-refractivity contribution in [3.63, 3.8) is 0 Å². The highest BCUT2D eigenvalue weighted by Crippen LogP contribution is 2.25. The summed E-state index contributed by atoms with van der Waals surface area (Å²) in [4.78, 5) is -0.256. The molecule has 13 heavy (non-hydrogen) atoms. The third kappa shape index (κ3) is 1.99. The topological polar surface area (TPSA) is 60.2 Å². The summed E-state index contributed by atoms with van der Waals surface area (Å²) in [6.45, 7) is 1.38. The number of halogens is 2. The van der Waals surface area contributed by atoms with Gasteiger partial charge in [-0.05, 0) is 19.1 Å². The number of primary sulfonamides is 1. The summed E-state index contributed by atoms with van der Waals surface area (Å²) < 4.78 is 34.6. The highest BCUT2D eigenvalue weighted by atomic mass is 35.5. The lowest BCUT2D eigenvalue weighted by Gasteiger charge is -2.04. The second kappa shape index (κ2) is 3.25. The first-order valence-corrected chi connectivity index (χ1v) is 5.24. The molecule has 0 unspecified atom stereocenters. The molecule has 0 spiro atoms. The van der Waals surface area contributed by atoms with E-state index in [0.29, 0.717) is 0 Å². The summed E-state index contributed by atoms with van der Waals surface area (Å²) >= 11 is 5.58. The van der Waals surface area contributed by atoms with Gasteiger partial charge in [-0.2, -0.15) is 0 Å². The summed E-state index contributed by atoms with van der Waals surface area (Å²) in [5.41, 5.74) is 0.0770. The number of hydrogen-bond donors (Lipinski definition) is 1. The third-order valence-electron chi connectivity index (χ3n) is 1.59. The van der Waals surface area contributed by atoms with E-state index in [1.54, 1.807) is 0 Å². The van der Waals surface area contributed by atoms with E-state index in [1.165, 1.54) is 6.92 Å². The van der Waals surface area contributed by atoms with Crippen molar-refractivity contribution in [1.82, 2.24) is 0 Å². The standard InChI is InChI=1S/C7H7ClFNO2S/c1-4-5(9)2-3-6(7(4)8)13(10,11)12/h2-3H,1H3,(H2,10,11,12). The largest absolute Gasteiger partial charge is 0.239 e. The van der Waals surface area contributed by atoms with Crippen molar-refractivity contribution < 1.29 is 12.8 Å². The average Bonchev–Trinajstić information content (AvgIpc) is 1.98. The van der Waals surface area contributed by atoms with Gasteiger partial charge in [-0.15, -0.1) is 0 Å². The highest BCUT2D eigenvalue weighted by Gasteiger charge is 2.16. The van der Waals surface area contributed by atoms with E-state index in [4.69, 9.17) is 16.7 Å². The zero-order chi connectivity index (χ0) is 10.2. The van der Waals surface area contributed by atoms with Crippen LogP contribution in [0.3, 0.4) is 0 Å². The molecule has 1 aromatic carbocycles. The molecule has 3 nitrogen and oxygen atoms in total. The zero-order valence-electron chi connectivity index (χ0n) is 6.71. The minimum absolute atomic E-state index is 0.0770. The Morgan fingerprint density at radius 3 is 2.46 bits per heavy atom. The normalized spacial score (nSPS) is 11.7. The molecule has 0 amide bonds. The molecule has 72 valence electrons. The second-order valence-corrected chi connectivity index (χ2v) is 4.44. The Bertz CT molecular complexity index is 444. The summed E-state index contributed by atoms with van der Waals surface area (Å²) in [5, 5.41) is 4.68. The maximum Gasteiger partial charge on any atom is 0.239 e. The number of nitrogens with two attached hydrogens (primary N) is 1. The van der Waals surface area contributed by atoms with Gasteiger partial charge in [0, 0.05) is 5.56 Å². The van der Waals surface area contributed by atoms with Gasteiger partial charge in [0.2, 0.25) is 10.0 Å². The van der Waals surface area contributed by atoms with E-state index < -0.39 is 15.8 Å². The summed E-state index contributed by atoms with van der Waals surface area (Å²) in [6.07, 6.45) is 0. The second-order valence-electron chi connectivity index (χ2n) is 2.53. The molecule has 1 aromatic rings. The quantitative estimate of drug-likeness (QED) is 0.783. The molecule has 0 saturated carbocycles. The molecule has 0 bridgehead atoms. The van der Waals surface area contributed by atoms with Gasteiger partial charge in [0.1, 0.15) is 10.7 Å². The van der Waals surface area contributed by atoms with Crippen molar-refractivity contribution in [1.29, 1.82) is 0 Å². The zero-order valence-corrected chi connectivity index (χ0v) is 8.29. The van der Waals surface area contributed by atoms with Crippen LogP contribution in [-0.4, -0.2) is 8.42 Å². The molecule has 0 aromatic heterocycles. The van der Waals surface area contributed by atoms with E-state index in [2.05, 4.69) is 0 Å². The number of rotatable bonds is 1. The SMILES string of the molecule is Cc1c(F)ccc(S(N)(=O)=O)c1Cl. The molecule has 0 fully saturated rings.